The number of carboxylic acid groups (broad SMARTS) is 1. The minimum Gasteiger partial charge on any atom is -0.870 e. The predicted molar refractivity (Wildman–Crippen MR) is 390 cm³/mol. The molecule has 106 heavy (non-hydrogen) atoms. The van der Waals surface area contributed by atoms with E-state index in [1.807, 2.05) is 119 Å². The number of hydrogen-bond acceptors (Lipinski definition) is 20. The topological polar surface area (TPSA) is 322 Å². The zero-order valence-corrected chi connectivity index (χ0v) is 60.2. The molecule has 0 aliphatic carbocycles. The largest absolute Gasteiger partial charge is 1.00 e. The molecule has 546 valence electrons. The molecule has 6 aromatic carbocycles. The van der Waals surface area contributed by atoms with E-state index < -0.39 is 42.3 Å². The Labute approximate surface area is 627 Å². The third-order valence-electron chi connectivity index (χ3n) is 16.9. The summed E-state index contributed by atoms with van der Waals surface area (Å²) in [6, 6.07) is 45.5. The number of furan rings is 3. The van der Waals surface area contributed by atoms with Crippen molar-refractivity contribution in [2.75, 3.05) is 13.2 Å². The van der Waals surface area contributed by atoms with Crippen LogP contribution in [-0.2, 0) is 91.9 Å². The fourth-order valence-electron chi connectivity index (χ4n) is 11.2. The summed E-state index contributed by atoms with van der Waals surface area (Å²) in [5.41, 5.74) is 27.2. The number of rotatable bonds is 23. The number of hydrogen-bond donors (Lipinski definition) is 4. The number of fused-ring (bicyclic) bond motifs is 3. The zero-order valence-electron chi connectivity index (χ0n) is 59.5. The van der Waals surface area contributed by atoms with Gasteiger partial charge in [0, 0.05) is 111 Å². The van der Waals surface area contributed by atoms with Crippen LogP contribution in [0.5, 0.6) is 17.2 Å². The van der Waals surface area contributed by atoms with E-state index in [1.165, 1.54) is 18.2 Å². The second-order valence-corrected chi connectivity index (χ2v) is 25.3. The summed E-state index contributed by atoms with van der Waals surface area (Å²) < 4.78 is 98.1. The molecule has 12 aromatic rings. The maximum Gasteiger partial charge on any atom is 1.00 e. The van der Waals surface area contributed by atoms with E-state index in [9.17, 15) is 27.6 Å². The Morgan fingerprint density at radius 3 is 1.23 bits per heavy atom. The van der Waals surface area contributed by atoms with Crippen molar-refractivity contribution < 1.29 is 103 Å². The van der Waals surface area contributed by atoms with Crippen LogP contribution in [0.3, 0.4) is 0 Å². The molecule has 0 spiro atoms. The van der Waals surface area contributed by atoms with Crippen LogP contribution in [0.25, 0.3) is 55.2 Å². The normalized spacial score (nSPS) is 12.5. The Hall–Kier alpha value is -10.3. The first-order chi connectivity index (χ1) is 50.0. The number of esters is 2. The van der Waals surface area contributed by atoms with E-state index in [0.717, 1.165) is 55.9 Å². The maximum absolute atomic E-state index is 14.0. The molecule has 1 aliphatic rings. The van der Waals surface area contributed by atoms with E-state index in [1.54, 1.807) is 87.0 Å². The number of aliphatic carboxylic acids is 1. The van der Waals surface area contributed by atoms with Crippen molar-refractivity contribution in [1.29, 1.82) is 0 Å². The average molecular weight is 1460 g/mol. The van der Waals surface area contributed by atoms with Gasteiger partial charge in [0.15, 0.2) is 0 Å². The van der Waals surface area contributed by atoms with Crippen LogP contribution < -0.4 is 55.7 Å². The first-order valence-electron chi connectivity index (χ1n) is 33.3. The van der Waals surface area contributed by atoms with Gasteiger partial charge in [-0.05, 0) is 154 Å². The number of benzene rings is 6. The van der Waals surface area contributed by atoms with Crippen LogP contribution >= 0.6 is 11.6 Å². The van der Waals surface area contributed by atoms with Crippen LogP contribution in [0.4, 0.5) is 13.2 Å². The van der Waals surface area contributed by atoms with Crippen LogP contribution in [0.1, 0.15) is 92.0 Å². The number of para-hydroxylation sites is 3. The smallest absolute Gasteiger partial charge is 0.870 e. The Morgan fingerprint density at radius 1 is 0.491 bits per heavy atom. The molecule has 1 aliphatic heterocycles. The average Bonchev–Trinajstić information content (AvgIpc) is 1.60. The number of nitrogens with two attached hydrogens (primary N) is 3. The van der Waals surface area contributed by atoms with Crippen molar-refractivity contribution in [3.63, 3.8) is 0 Å². The van der Waals surface area contributed by atoms with Crippen molar-refractivity contribution in [2.24, 2.45) is 17.2 Å². The zero-order chi connectivity index (χ0) is 74.1. The number of carbonyl (C=O) groups excluding carboxylic acids is 2. The molecule has 13 rings (SSSR count). The Kier molecular flexibility index (Phi) is 28.9. The summed E-state index contributed by atoms with van der Waals surface area (Å²) >= 11 is 5.63. The van der Waals surface area contributed by atoms with Gasteiger partial charge < -0.3 is 74.0 Å². The van der Waals surface area contributed by atoms with Crippen molar-refractivity contribution >= 4 is 75.0 Å². The molecule has 1 fully saturated rings. The number of carbonyl (C=O) groups is 3. The van der Waals surface area contributed by atoms with E-state index in [0.29, 0.717) is 104 Å². The summed E-state index contributed by atoms with van der Waals surface area (Å²) in [4.78, 5) is 47.3. The Morgan fingerprint density at radius 2 is 0.849 bits per heavy atom. The second-order valence-electron chi connectivity index (χ2n) is 24.8. The van der Waals surface area contributed by atoms with Crippen LogP contribution in [0.15, 0.2) is 196 Å². The molecule has 1 saturated heterocycles. The van der Waals surface area contributed by atoms with Crippen molar-refractivity contribution in [1.82, 2.24) is 15.0 Å². The van der Waals surface area contributed by atoms with Crippen molar-refractivity contribution in [3.8, 4) is 39.5 Å². The number of ether oxygens (including phenoxy) is 5. The molecule has 7 heterocycles. The molecule has 0 saturated carbocycles. The minimum absolute atomic E-state index is 0. The molecular formula is C79H78BClF3LiN6O15. The second kappa shape index (κ2) is 37.6. The number of halogens is 4. The van der Waals surface area contributed by atoms with Gasteiger partial charge in [0.1, 0.15) is 53.8 Å². The first-order valence-corrected chi connectivity index (χ1v) is 33.7. The molecule has 27 heteroatoms. The maximum atomic E-state index is 14.0. The molecule has 8 N–H and O–H groups in total. The summed E-state index contributed by atoms with van der Waals surface area (Å²) in [6.07, 6.45) is 5.07. The number of carboxylic acids is 1. The minimum atomic E-state index is -0.933. The van der Waals surface area contributed by atoms with Crippen LogP contribution in [0, 0.1) is 18.0 Å². The first kappa shape index (κ1) is 81.4. The molecule has 0 amide bonds. The molecule has 21 nitrogen and oxygen atoms in total. The van der Waals surface area contributed by atoms with Gasteiger partial charge in [-0.1, -0.05) is 72.3 Å². The van der Waals surface area contributed by atoms with Crippen LogP contribution in [-0.4, -0.2) is 75.0 Å². The SMILES string of the molecule is CCOC(=O)Cc1ccccc1OCc1cc(-c2ccnc(CN)c2)c2oc(F)cc2c1.CCOC(=O)Cc1ccccc1OCc1cc(B2OC(C)(C)C(C)(C)O2)c2oc(F)cc2c1.NCc1cc(-c2cc(COc3ccccc3CC(=O)O)cc3cc(F)oc23)ccn1.NCc1cc(Cl)ccn1.[Li+].[OH-]. The van der Waals surface area contributed by atoms with Gasteiger partial charge in [-0.25, -0.2) is 0 Å². The van der Waals surface area contributed by atoms with Gasteiger partial charge in [0.25, 0.3) is 18.0 Å². The van der Waals surface area contributed by atoms with E-state index in [-0.39, 0.29) is 81.9 Å². The summed E-state index contributed by atoms with van der Waals surface area (Å²) in [5.74, 6) is 0.115. The molecule has 0 unspecified atom stereocenters. The van der Waals surface area contributed by atoms with Gasteiger partial charge in [0.2, 0.25) is 0 Å². The van der Waals surface area contributed by atoms with E-state index in [2.05, 4.69) is 15.0 Å². The van der Waals surface area contributed by atoms with Gasteiger partial charge in [0.05, 0.1) is 60.8 Å². The third kappa shape index (κ3) is 21.2. The molecule has 6 aromatic heterocycles. The molecule has 0 radical (unpaired) electrons. The summed E-state index contributed by atoms with van der Waals surface area (Å²) in [7, 11) is -0.709. The molecule has 0 bridgehead atoms. The molecule has 0 atom stereocenters. The van der Waals surface area contributed by atoms with Crippen molar-refractivity contribution in [2.45, 2.75) is 111 Å². The van der Waals surface area contributed by atoms with Gasteiger partial charge in [-0.2, -0.15) is 13.2 Å². The van der Waals surface area contributed by atoms with Gasteiger partial charge in [-0.15, -0.1) is 0 Å². The monoisotopic (exact) mass is 1460 g/mol. The Balaban J connectivity index is 0.000000187. The number of pyridine rings is 3. The Bertz CT molecular complexity index is 4980. The molecular weight excluding hydrogens is 1380 g/mol. The fraction of sp³-hybridized carbons (Fsp3) is 0.241. The summed E-state index contributed by atoms with van der Waals surface area (Å²) in [6.45, 7) is 13.7. The van der Waals surface area contributed by atoms with E-state index in [4.69, 9.17) is 80.2 Å². The standard InChI is InChI=1S/C25H28BFO6.C25H23FN2O4.C23H19FN2O4.C6H7ClN2.Li.H2O/c1-6-29-22(28)14-17-9-7-8-10-20(17)30-15-16-11-18-13-21(27)31-23(18)19(12-16)26-32-24(2,3)25(4,5)33-26;1-2-30-24(29)13-18-5-3-4-6-22(18)31-15-16-9-19-12-23(26)32-25(19)21(10-16)17-7-8-28-20(11-17)14-27;24-21-10-17-7-14(13-29-20-4-2-1-3-16(20)11-22(27)28)8-19(23(17)30-21)15-5-6-26-18(9-15)12-25;7-5-1-2-9-6(3-5)4-8;;/h7-13H,6,14-15H2,1-5H3;3-12H,2,13-15,27H2,1H3;1-10H,11-13,25H2,(H,27,28);1-3H,4,8H2;;1H2/q;;;;+1;/p-1. The van der Waals surface area contributed by atoms with E-state index >= 15 is 0 Å². The van der Waals surface area contributed by atoms with Gasteiger partial charge >= 0.3 is 43.9 Å². The number of aromatic nitrogens is 3. The van der Waals surface area contributed by atoms with Crippen LogP contribution in [0.2, 0.25) is 5.02 Å². The van der Waals surface area contributed by atoms with Gasteiger partial charge in [-0.3, -0.25) is 29.3 Å². The summed E-state index contributed by atoms with van der Waals surface area (Å²) in [5, 5.41) is 11.6. The third-order valence-corrected chi connectivity index (χ3v) is 17.1. The van der Waals surface area contributed by atoms with Crippen molar-refractivity contribution in [3.05, 3.63) is 256 Å². The number of nitrogens with zero attached hydrogens (tertiary/aromatic N) is 3. The predicted octanol–water partition coefficient (Wildman–Crippen LogP) is 11.7. The quantitative estimate of drug-likeness (QED) is 0.0341. The fourth-order valence-corrected chi connectivity index (χ4v) is 11.4.